The van der Waals surface area contributed by atoms with Gasteiger partial charge in [-0.05, 0) is 52.2 Å². The monoisotopic (exact) mass is 468 g/mol. The molecule has 1 aliphatic heterocycles. The van der Waals surface area contributed by atoms with Gasteiger partial charge in [-0.25, -0.2) is 8.42 Å². The van der Waals surface area contributed by atoms with Gasteiger partial charge in [-0.15, -0.1) is 0 Å². The first-order chi connectivity index (χ1) is 13.3. The summed E-state index contributed by atoms with van der Waals surface area (Å²) < 4.78 is 39.4. The van der Waals surface area contributed by atoms with Crippen molar-refractivity contribution in [3.63, 3.8) is 0 Å². The Morgan fingerprint density at radius 2 is 1.89 bits per heavy atom. The fourth-order valence-electron chi connectivity index (χ4n) is 3.15. The third-order valence-corrected chi connectivity index (χ3v) is 6.90. The lowest BCUT2D eigenvalue weighted by molar-refractivity contribution is -0.118. The highest BCUT2D eigenvalue weighted by molar-refractivity contribution is 9.10. The van der Waals surface area contributed by atoms with Crippen molar-refractivity contribution >= 4 is 43.2 Å². The number of nitrogens with one attached hydrogen (secondary N) is 1. The molecule has 28 heavy (non-hydrogen) atoms. The van der Waals surface area contributed by atoms with Crippen molar-refractivity contribution in [2.24, 2.45) is 0 Å². The summed E-state index contributed by atoms with van der Waals surface area (Å²) in [5, 5.41) is 0. The van der Waals surface area contributed by atoms with Gasteiger partial charge in [0.05, 0.1) is 19.9 Å². The summed E-state index contributed by atoms with van der Waals surface area (Å²) >= 11 is 3.36. The molecule has 150 valence electrons. The minimum atomic E-state index is -3.90. The minimum Gasteiger partial charge on any atom is -0.493 e. The summed E-state index contributed by atoms with van der Waals surface area (Å²) in [6.45, 7) is 2.34. The molecular weight excluding hydrogens is 448 g/mol. The summed E-state index contributed by atoms with van der Waals surface area (Å²) in [6, 6.07) is 8.07. The number of anilines is 2. The number of ether oxygens (including phenoxy) is 2. The summed E-state index contributed by atoms with van der Waals surface area (Å²) in [6.07, 6.45) is 1.06. The highest BCUT2D eigenvalue weighted by atomic mass is 79.9. The Hall–Kier alpha value is -2.26. The maximum atomic E-state index is 13.0. The van der Waals surface area contributed by atoms with Crippen LogP contribution < -0.4 is 19.1 Å². The molecule has 0 bridgehead atoms. The third-order valence-electron chi connectivity index (χ3n) is 4.56. The fraction of sp³-hybridized carbons (Fsp3) is 0.316. The zero-order valence-corrected chi connectivity index (χ0v) is 18.2. The second-order valence-corrected chi connectivity index (χ2v) is 8.74. The van der Waals surface area contributed by atoms with Crippen LogP contribution in [0, 0.1) is 0 Å². The SMILES string of the molecule is CCC(=O)N1CCc2cc(Br)c(S(=O)(=O)Nc3ccc(OC)c(OC)c3)cc21. The molecule has 3 rings (SSSR count). The van der Waals surface area contributed by atoms with Crippen LogP contribution in [0.4, 0.5) is 11.4 Å². The Balaban J connectivity index is 1.98. The Bertz CT molecular complexity index is 1020. The molecule has 1 N–H and O–H groups in total. The molecule has 2 aromatic carbocycles. The molecule has 0 saturated carbocycles. The quantitative estimate of drug-likeness (QED) is 0.700. The number of halogens is 1. The predicted octanol–water partition coefficient (Wildman–Crippen LogP) is 3.57. The lowest BCUT2D eigenvalue weighted by Gasteiger charge is -2.18. The molecule has 0 aromatic heterocycles. The van der Waals surface area contributed by atoms with E-state index in [0.29, 0.717) is 46.7 Å². The second-order valence-electron chi connectivity index (χ2n) is 6.24. The van der Waals surface area contributed by atoms with E-state index in [-0.39, 0.29) is 10.8 Å². The van der Waals surface area contributed by atoms with Crippen LogP contribution in [-0.4, -0.2) is 35.1 Å². The Kier molecular flexibility index (Phi) is 5.85. The van der Waals surface area contributed by atoms with Gasteiger partial charge in [0, 0.05) is 29.2 Å². The number of benzene rings is 2. The number of carbonyl (C=O) groups excluding carboxylic acids is 1. The Morgan fingerprint density at radius 3 is 2.54 bits per heavy atom. The van der Waals surface area contributed by atoms with Gasteiger partial charge in [0.15, 0.2) is 11.5 Å². The molecule has 9 heteroatoms. The van der Waals surface area contributed by atoms with Crippen molar-refractivity contribution in [1.29, 1.82) is 0 Å². The highest BCUT2D eigenvalue weighted by Crippen LogP contribution is 2.37. The van der Waals surface area contributed by atoms with E-state index in [4.69, 9.17) is 9.47 Å². The van der Waals surface area contributed by atoms with Crippen LogP contribution in [0.3, 0.4) is 0 Å². The molecule has 0 radical (unpaired) electrons. The van der Waals surface area contributed by atoms with E-state index in [0.717, 1.165) is 5.56 Å². The van der Waals surface area contributed by atoms with Gasteiger partial charge < -0.3 is 14.4 Å². The van der Waals surface area contributed by atoms with Gasteiger partial charge in [0.25, 0.3) is 10.0 Å². The largest absolute Gasteiger partial charge is 0.493 e. The first kappa shape index (κ1) is 20.5. The van der Waals surface area contributed by atoms with Crippen LogP contribution in [0.1, 0.15) is 18.9 Å². The molecular formula is C19H21BrN2O5S. The molecule has 1 aliphatic rings. The normalized spacial score (nSPS) is 13.2. The minimum absolute atomic E-state index is 0.0303. The lowest BCUT2D eigenvalue weighted by atomic mass is 10.2. The lowest BCUT2D eigenvalue weighted by Crippen LogP contribution is -2.28. The van der Waals surface area contributed by atoms with Gasteiger partial charge in [-0.3, -0.25) is 9.52 Å². The summed E-state index contributed by atoms with van der Waals surface area (Å²) in [5.41, 5.74) is 1.92. The molecule has 7 nitrogen and oxygen atoms in total. The van der Waals surface area contributed by atoms with E-state index in [1.807, 2.05) is 0 Å². The second kappa shape index (κ2) is 8.00. The number of rotatable bonds is 6. The molecule has 0 aliphatic carbocycles. The van der Waals surface area contributed by atoms with Gasteiger partial charge in [0.1, 0.15) is 4.90 Å². The van der Waals surface area contributed by atoms with E-state index in [1.54, 1.807) is 42.2 Å². The van der Waals surface area contributed by atoms with Crippen LogP contribution >= 0.6 is 15.9 Å². The Labute approximate surface area is 172 Å². The number of sulfonamides is 1. The maximum Gasteiger partial charge on any atom is 0.263 e. The standard InChI is InChI=1S/C19H21BrN2O5S/c1-4-19(23)22-8-7-12-9-14(20)18(11-15(12)22)28(24,25)21-13-5-6-16(26-2)17(10-13)27-3/h5-6,9-11,21H,4,7-8H2,1-3H3. The van der Waals surface area contributed by atoms with Gasteiger partial charge >= 0.3 is 0 Å². The zero-order valence-electron chi connectivity index (χ0n) is 15.8. The maximum absolute atomic E-state index is 13.0. The van der Waals surface area contributed by atoms with Crippen molar-refractivity contribution in [2.45, 2.75) is 24.7 Å². The predicted molar refractivity (Wildman–Crippen MR) is 111 cm³/mol. The van der Waals surface area contributed by atoms with Crippen LogP contribution in [0.2, 0.25) is 0 Å². The van der Waals surface area contributed by atoms with E-state index in [9.17, 15) is 13.2 Å². The van der Waals surface area contributed by atoms with Crippen molar-refractivity contribution in [3.05, 3.63) is 40.4 Å². The number of methoxy groups -OCH3 is 2. The number of carbonyl (C=O) groups is 1. The molecule has 1 amide bonds. The average Bonchev–Trinajstić information content (AvgIpc) is 3.08. The topological polar surface area (TPSA) is 84.9 Å². The number of hydrogen-bond acceptors (Lipinski definition) is 5. The van der Waals surface area contributed by atoms with Crippen molar-refractivity contribution in [2.75, 3.05) is 30.4 Å². The van der Waals surface area contributed by atoms with Gasteiger partial charge in [0.2, 0.25) is 5.91 Å². The van der Waals surface area contributed by atoms with Crippen LogP contribution in [0.15, 0.2) is 39.7 Å². The van der Waals surface area contributed by atoms with Crippen LogP contribution in [0.25, 0.3) is 0 Å². The molecule has 0 saturated heterocycles. The summed E-state index contributed by atoms with van der Waals surface area (Å²) in [4.78, 5) is 13.9. The number of fused-ring (bicyclic) bond motifs is 1. The molecule has 2 aromatic rings. The van der Waals surface area contributed by atoms with E-state index in [2.05, 4.69) is 20.7 Å². The highest BCUT2D eigenvalue weighted by Gasteiger charge is 2.28. The van der Waals surface area contributed by atoms with E-state index in [1.165, 1.54) is 14.2 Å². The Morgan fingerprint density at radius 1 is 1.18 bits per heavy atom. The smallest absolute Gasteiger partial charge is 0.263 e. The molecule has 1 heterocycles. The van der Waals surface area contributed by atoms with Gasteiger partial charge in [-0.2, -0.15) is 0 Å². The number of amides is 1. The zero-order chi connectivity index (χ0) is 20.5. The van der Waals surface area contributed by atoms with Gasteiger partial charge in [-0.1, -0.05) is 6.92 Å². The van der Waals surface area contributed by atoms with E-state index >= 15 is 0 Å². The molecule has 0 spiro atoms. The summed E-state index contributed by atoms with van der Waals surface area (Å²) in [7, 11) is -0.912. The molecule has 0 atom stereocenters. The van der Waals surface area contributed by atoms with Crippen LogP contribution in [-0.2, 0) is 21.2 Å². The molecule has 0 fully saturated rings. The van der Waals surface area contributed by atoms with Crippen molar-refractivity contribution in [1.82, 2.24) is 0 Å². The third kappa shape index (κ3) is 3.81. The first-order valence-electron chi connectivity index (χ1n) is 8.68. The summed E-state index contributed by atoms with van der Waals surface area (Å²) in [5.74, 6) is 0.880. The number of hydrogen-bond donors (Lipinski definition) is 1. The molecule has 0 unspecified atom stereocenters. The first-order valence-corrected chi connectivity index (χ1v) is 11.0. The number of nitrogens with zero attached hydrogens (tertiary/aromatic N) is 1. The average molecular weight is 469 g/mol. The fourth-order valence-corrected chi connectivity index (χ4v) is 5.31. The van der Waals surface area contributed by atoms with E-state index < -0.39 is 10.0 Å². The van der Waals surface area contributed by atoms with Crippen molar-refractivity contribution < 1.29 is 22.7 Å². The van der Waals surface area contributed by atoms with Crippen molar-refractivity contribution in [3.8, 4) is 11.5 Å². The van der Waals surface area contributed by atoms with Crippen LogP contribution in [0.5, 0.6) is 11.5 Å².